The van der Waals surface area contributed by atoms with Crippen LogP contribution in [0.5, 0.6) is 0 Å². The maximum Gasteiger partial charge on any atom is 0.246 e. The van der Waals surface area contributed by atoms with Gasteiger partial charge >= 0.3 is 0 Å². The molecule has 0 spiro atoms. The lowest BCUT2D eigenvalue weighted by atomic mass is 9.81. The number of hydrogen-bond acceptors (Lipinski definition) is 6. The Labute approximate surface area is 144 Å². The minimum atomic E-state index is -0.395. The van der Waals surface area contributed by atoms with Crippen molar-refractivity contribution in [2.24, 2.45) is 11.8 Å². The molecule has 24 heavy (non-hydrogen) atoms. The van der Waals surface area contributed by atoms with E-state index >= 15 is 0 Å². The third-order valence-electron chi connectivity index (χ3n) is 4.69. The second kappa shape index (κ2) is 7.38. The van der Waals surface area contributed by atoms with E-state index in [0.29, 0.717) is 5.13 Å². The highest BCUT2D eigenvalue weighted by Crippen LogP contribution is 2.37. The molecular formula is C16H22N4O3S. The number of nitrogens with one attached hydrogen (secondary N) is 1. The number of nitrogens with zero attached hydrogens (tertiary/aromatic N) is 3. The second-order valence-corrected chi connectivity index (χ2v) is 7.47. The Morgan fingerprint density at radius 1 is 1.21 bits per heavy atom. The number of likely N-dealkylation sites (tertiary alicyclic amines) is 1. The fourth-order valence-corrected chi connectivity index (χ4v) is 4.22. The molecule has 1 aliphatic carbocycles. The van der Waals surface area contributed by atoms with Gasteiger partial charge in [-0.25, -0.2) is 0 Å². The Kier molecular flexibility index (Phi) is 5.23. The van der Waals surface area contributed by atoms with Crippen LogP contribution in [0.3, 0.4) is 0 Å². The van der Waals surface area contributed by atoms with E-state index in [-0.39, 0.29) is 30.2 Å². The summed E-state index contributed by atoms with van der Waals surface area (Å²) in [6.45, 7) is 1.87. The van der Waals surface area contributed by atoms with Gasteiger partial charge < -0.3 is 0 Å². The molecule has 1 aliphatic heterocycles. The van der Waals surface area contributed by atoms with Crippen LogP contribution in [0.1, 0.15) is 50.5 Å². The first-order valence-corrected chi connectivity index (χ1v) is 9.39. The number of unbranched alkanes of at least 4 members (excludes halogenated alkanes) is 1. The van der Waals surface area contributed by atoms with Crippen LogP contribution in [0.25, 0.3) is 0 Å². The summed E-state index contributed by atoms with van der Waals surface area (Å²) in [6.07, 6.45) is 6.41. The number of anilines is 1. The minimum Gasteiger partial charge on any atom is -0.299 e. The molecule has 7 nitrogen and oxygen atoms in total. The van der Waals surface area contributed by atoms with E-state index in [1.54, 1.807) is 0 Å². The number of aromatic nitrogens is 2. The SMILES string of the molecule is CCCCc1nnc(NC(=O)CN2C(=O)[C@@H]3CCCC[C@H]3C2=O)s1. The number of fused-ring (bicyclic) bond motifs is 1. The van der Waals surface area contributed by atoms with Gasteiger partial charge in [0.1, 0.15) is 11.6 Å². The Morgan fingerprint density at radius 2 is 1.88 bits per heavy atom. The summed E-state index contributed by atoms with van der Waals surface area (Å²) in [6, 6.07) is 0. The van der Waals surface area contributed by atoms with E-state index in [9.17, 15) is 14.4 Å². The van der Waals surface area contributed by atoms with Gasteiger partial charge in [-0.05, 0) is 19.3 Å². The largest absolute Gasteiger partial charge is 0.299 e. The van der Waals surface area contributed by atoms with Crippen molar-refractivity contribution in [2.75, 3.05) is 11.9 Å². The van der Waals surface area contributed by atoms with Crippen LogP contribution in [-0.2, 0) is 20.8 Å². The molecule has 0 radical (unpaired) electrons. The monoisotopic (exact) mass is 350 g/mol. The summed E-state index contributed by atoms with van der Waals surface area (Å²) < 4.78 is 0. The Balaban J connectivity index is 1.57. The van der Waals surface area contributed by atoms with Gasteiger partial charge in [0.25, 0.3) is 0 Å². The molecule has 1 N–H and O–H groups in total. The fraction of sp³-hybridized carbons (Fsp3) is 0.688. The maximum atomic E-state index is 12.4. The van der Waals surface area contributed by atoms with Crippen LogP contribution in [0.4, 0.5) is 5.13 Å². The van der Waals surface area contributed by atoms with Crippen LogP contribution in [0, 0.1) is 11.8 Å². The van der Waals surface area contributed by atoms with Crippen molar-refractivity contribution >= 4 is 34.2 Å². The minimum absolute atomic E-state index is 0.194. The first-order valence-electron chi connectivity index (χ1n) is 8.57. The maximum absolute atomic E-state index is 12.4. The highest BCUT2D eigenvalue weighted by Gasteiger charge is 2.48. The van der Waals surface area contributed by atoms with Crippen molar-refractivity contribution in [1.82, 2.24) is 15.1 Å². The summed E-state index contributed by atoms with van der Waals surface area (Å²) >= 11 is 1.34. The molecule has 3 amide bonds. The molecule has 0 bridgehead atoms. The van der Waals surface area contributed by atoms with Crippen LogP contribution in [0.2, 0.25) is 0 Å². The fourth-order valence-electron chi connectivity index (χ4n) is 3.42. The van der Waals surface area contributed by atoms with Gasteiger partial charge in [-0.15, -0.1) is 10.2 Å². The zero-order valence-corrected chi connectivity index (χ0v) is 14.6. The highest BCUT2D eigenvalue weighted by atomic mass is 32.1. The molecule has 2 heterocycles. The summed E-state index contributed by atoms with van der Waals surface area (Å²) in [7, 11) is 0. The van der Waals surface area contributed by atoms with Crippen LogP contribution in [-0.4, -0.2) is 39.4 Å². The van der Waals surface area contributed by atoms with Gasteiger partial charge in [-0.2, -0.15) is 0 Å². The highest BCUT2D eigenvalue weighted by molar-refractivity contribution is 7.15. The molecule has 1 aromatic heterocycles. The molecule has 2 atom stereocenters. The van der Waals surface area contributed by atoms with E-state index in [1.807, 2.05) is 0 Å². The van der Waals surface area contributed by atoms with E-state index in [1.165, 1.54) is 11.3 Å². The van der Waals surface area contributed by atoms with Crippen molar-refractivity contribution in [2.45, 2.75) is 51.9 Å². The molecular weight excluding hydrogens is 328 g/mol. The van der Waals surface area contributed by atoms with E-state index in [4.69, 9.17) is 0 Å². The number of imide groups is 1. The van der Waals surface area contributed by atoms with Gasteiger partial charge in [-0.3, -0.25) is 24.6 Å². The molecule has 0 unspecified atom stereocenters. The normalized spacial score (nSPS) is 23.5. The van der Waals surface area contributed by atoms with Crippen LogP contribution in [0.15, 0.2) is 0 Å². The van der Waals surface area contributed by atoms with Gasteiger partial charge in [0, 0.05) is 6.42 Å². The van der Waals surface area contributed by atoms with Gasteiger partial charge in [0.15, 0.2) is 0 Å². The standard InChI is InChI=1S/C16H22N4O3S/c1-2-3-8-13-18-19-16(24-13)17-12(21)9-20-14(22)10-6-4-5-7-11(10)15(20)23/h10-11H,2-9H2,1H3,(H,17,19,21)/t10-,11-/m1/s1. The second-order valence-electron chi connectivity index (χ2n) is 6.41. The molecule has 2 fully saturated rings. The Morgan fingerprint density at radius 3 is 2.50 bits per heavy atom. The smallest absolute Gasteiger partial charge is 0.246 e. The Hall–Kier alpha value is -1.83. The van der Waals surface area contributed by atoms with Crippen molar-refractivity contribution in [3.8, 4) is 0 Å². The molecule has 1 saturated heterocycles. The molecule has 8 heteroatoms. The third kappa shape index (κ3) is 3.48. The van der Waals surface area contributed by atoms with Crippen molar-refractivity contribution < 1.29 is 14.4 Å². The average molecular weight is 350 g/mol. The first kappa shape index (κ1) is 17.0. The summed E-state index contributed by atoms with van der Waals surface area (Å²) in [4.78, 5) is 38.0. The van der Waals surface area contributed by atoms with Crippen molar-refractivity contribution in [3.05, 3.63) is 5.01 Å². The molecule has 0 aromatic carbocycles. The predicted octanol–water partition coefficient (Wildman–Crippen LogP) is 1.99. The first-order chi connectivity index (χ1) is 11.6. The summed E-state index contributed by atoms with van der Waals surface area (Å²) in [5.41, 5.74) is 0. The Bertz CT molecular complexity index is 621. The lowest BCUT2D eigenvalue weighted by Crippen LogP contribution is -2.38. The lowest BCUT2D eigenvalue weighted by Gasteiger charge is -2.19. The third-order valence-corrected chi connectivity index (χ3v) is 5.59. The molecule has 3 rings (SSSR count). The average Bonchev–Trinajstić information content (AvgIpc) is 3.12. The molecule has 2 aliphatic rings. The number of hydrogen-bond donors (Lipinski definition) is 1. The summed E-state index contributed by atoms with van der Waals surface area (Å²) in [5, 5.41) is 11.9. The van der Waals surface area contributed by atoms with E-state index in [2.05, 4.69) is 22.4 Å². The van der Waals surface area contributed by atoms with Crippen molar-refractivity contribution in [1.29, 1.82) is 0 Å². The van der Waals surface area contributed by atoms with E-state index < -0.39 is 5.91 Å². The van der Waals surface area contributed by atoms with Crippen molar-refractivity contribution in [3.63, 3.8) is 0 Å². The van der Waals surface area contributed by atoms with Gasteiger partial charge in [-0.1, -0.05) is 37.5 Å². The molecule has 130 valence electrons. The quantitative estimate of drug-likeness (QED) is 0.792. The molecule has 1 saturated carbocycles. The summed E-state index contributed by atoms with van der Waals surface area (Å²) in [5.74, 6) is -1.22. The number of aryl methyl sites for hydroxylation is 1. The lowest BCUT2D eigenvalue weighted by molar-refractivity contribution is -0.142. The topological polar surface area (TPSA) is 92.3 Å². The number of amides is 3. The zero-order valence-electron chi connectivity index (χ0n) is 13.8. The van der Waals surface area contributed by atoms with E-state index in [0.717, 1.165) is 54.9 Å². The number of carbonyl (C=O) groups excluding carboxylic acids is 3. The van der Waals surface area contributed by atoms with Gasteiger partial charge in [0.05, 0.1) is 11.8 Å². The zero-order chi connectivity index (χ0) is 17.1. The molecule has 1 aromatic rings. The predicted molar refractivity (Wildman–Crippen MR) is 89.3 cm³/mol. The van der Waals surface area contributed by atoms with Crippen LogP contribution >= 0.6 is 11.3 Å². The number of carbonyl (C=O) groups is 3. The van der Waals surface area contributed by atoms with Crippen LogP contribution < -0.4 is 5.32 Å². The van der Waals surface area contributed by atoms with Gasteiger partial charge in [0.2, 0.25) is 22.9 Å². The number of rotatable bonds is 6.